The van der Waals surface area contributed by atoms with Gasteiger partial charge in [0.25, 0.3) is 0 Å². The van der Waals surface area contributed by atoms with Crippen LogP contribution in [0.2, 0.25) is 5.15 Å². The summed E-state index contributed by atoms with van der Waals surface area (Å²) in [6.07, 6.45) is 2.14. The van der Waals surface area contributed by atoms with Crippen molar-refractivity contribution >= 4 is 40.0 Å². The predicted octanol–water partition coefficient (Wildman–Crippen LogP) is 4.16. The van der Waals surface area contributed by atoms with Crippen LogP contribution >= 0.6 is 34.2 Å². The SMILES string of the molecule is O=C(C[C@H]1CCC[C@H](O)[C@@H]1O)c1cc(Cl)ncc1Cc1ccc(I)cc1F. The van der Waals surface area contributed by atoms with E-state index in [1.807, 2.05) is 28.7 Å². The maximum absolute atomic E-state index is 14.2. The average Bonchev–Trinajstić information content (AvgIpc) is 2.62. The van der Waals surface area contributed by atoms with Crippen molar-refractivity contribution in [1.82, 2.24) is 4.98 Å². The molecule has 4 nitrogen and oxygen atoms in total. The molecule has 2 aromatic rings. The number of ketones is 1. The molecular formula is C20H20ClFINO3. The molecule has 1 heterocycles. The van der Waals surface area contributed by atoms with Gasteiger partial charge in [-0.2, -0.15) is 0 Å². The van der Waals surface area contributed by atoms with Crippen molar-refractivity contribution in [2.45, 2.75) is 44.3 Å². The van der Waals surface area contributed by atoms with Crippen LogP contribution in [0, 0.1) is 15.3 Å². The Kier molecular flexibility index (Phi) is 6.83. The van der Waals surface area contributed by atoms with E-state index in [1.165, 1.54) is 18.3 Å². The van der Waals surface area contributed by atoms with Crippen LogP contribution in [0.15, 0.2) is 30.5 Å². The number of halogens is 3. The molecule has 1 aromatic carbocycles. The molecule has 0 amide bonds. The largest absolute Gasteiger partial charge is 0.390 e. The van der Waals surface area contributed by atoms with Gasteiger partial charge in [0.15, 0.2) is 5.78 Å². The zero-order valence-corrected chi connectivity index (χ0v) is 17.5. The molecule has 3 atom stereocenters. The summed E-state index contributed by atoms with van der Waals surface area (Å²) >= 11 is 8.02. The van der Waals surface area contributed by atoms with Crippen LogP contribution in [0.25, 0.3) is 0 Å². The average molecular weight is 504 g/mol. The lowest BCUT2D eigenvalue weighted by Gasteiger charge is -2.31. The van der Waals surface area contributed by atoms with Crippen LogP contribution in [-0.4, -0.2) is 33.2 Å². The molecule has 27 heavy (non-hydrogen) atoms. The Bertz CT molecular complexity index is 848. The fourth-order valence-electron chi connectivity index (χ4n) is 3.54. The van der Waals surface area contributed by atoms with Crippen molar-refractivity contribution in [2.24, 2.45) is 5.92 Å². The van der Waals surface area contributed by atoms with Crippen molar-refractivity contribution < 1.29 is 19.4 Å². The number of rotatable bonds is 5. The highest BCUT2D eigenvalue weighted by Gasteiger charge is 2.32. The van der Waals surface area contributed by atoms with E-state index >= 15 is 0 Å². The molecule has 1 fully saturated rings. The van der Waals surface area contributed by atoms with Crippen LogP contribution in [0.1, 0.15) is 47.2 Å². The quantitative estimate of drug-likeness (QED) is 0.365. The van der Waals surface area contributed by atoms with E-state index in [4.69, 9.17) is 11.6 Å². The molecule has 3 rings (SSSR count). The van der Waals surface area contributed by atoms with Crippen molar-refractivity contribution in [3.8, 4) is 0 Å². The minimum Gasteiger partial charge on any atom is -0.390 e. The van der Waals surface area contributed by atoms with Crippen molar-refractivity contribution in [3.05, 3.63) is 61.7 Å². The Balaban J connectivity index is 1.84. The van der Waals surface area contributed by atoms with E-state index < -0.39 is 12.2 Å². The first-order chi connectivity index (χ1) is 12.8. The van der Waals surface area contributed by atoms with Gasteiger partial charge in [-0.1, -0.05) is 24.1 Å². The lowest BCUT2D eigenvalue weighted by atomic mass is 9.80. The van der Waals surface area contributed by atoms with Gasteiger partial charge in [0.05, 0.1) is 12.2 Å². The lowest BCUT2D eigenvalue weighted by Crippen LogP contribution is -2.38. The van der Waals surface area contributed by atoms with Gasteiger partial charge in [0.1, 0.15) is 11.0 Å². The molecule has 2 N–H and O–H groups in total. The summed E-state index contributed by atoms with van der Waals surface area (Å²) in [7, 11) is 0. The highest BCUT2D eigenvalue weighted by molar-refractivity contribution is 14.1. The number of benzene rings is 1. The Hall–Kier alpha value is -1.09. The molecule has 0 radical (unpaired) electrons. The van der Waals surface area contributed by atoms with Crippen molar-refractivity contribution in [1.29, 1.82) is 0 Å². The maximum Gasteiger partial charge on any atom is 0.163 e. The molecule has 1 aliphatic carbocycles. The number of aliphatic hydroxyl groups is 2. The summed E-state index contributed by atoms with van der Waals surface area (Å²) in [6, 6.07) is 6.45. The van der Waals surface area contributed by atoms with Crippen LogP contribution < -0.4 is 0 Å². The van der Waals surface area contributed by atoms with Gasteiger partial charge in [0.2, 0.25) is 0 Å². The van der Waals surface area contributed by atoms with Gasteiger partial charge >= 0.3 is 0 Å². The molecule has 1 aliphatic rings. The zero-order valence-electron chi connectivity index (χ0n) is 14.5. The minimum absolute atomic E-state index is 0.112. The number of aliphatic hydroxyl groups excluding tert-OH is 2. The summed E-state index contributed by atoms with van der Waals surface area (Å²) < 4.78 is 15.0. The van der Waals surface area contributed by atoms with E-state index in [-0.39, 0.29) is 35.5 Å². The maximum atomic E-state index is 14.2. The van der Waals surface area contributed by atoms with Crippen molar-refractivity contribution in [3.63, 3.8) is 0 Å². The van der Waals surface area contributed by atoms with Crippen molar-refractivity contribution in [2.75, 3.05) is 0 Å². The highest BCUT2D eigenvalue weighted by atomic mass is 127. The molecular weight excluding hydrogens is 484 g/mol. The Labute approximate surface area is 175 Å². The Morgan fingerprint density at radius 1 is 1.26 bits per heavy atom. The summed E-state index contributed by atoms with van der Waals surface area (Å²) in [5, 5.41) is 20.2. The monoisotopic (exact) mass is 503 g/mol. The number of Topliss-reactive ketones (excluding diaryl/α,β-unsaturated/α-hetero) is 1. The normalized spacial score (nSPS) is 22.6. The van der Waals surface area contributed by atoms with E-state index in [2.05, 4.69) is 4.98 Å². The van der Waals surface area contributed by atoms with E-state index in [0.29, 0.717) is 29.5 Å². The van der Waals surface area contributed by atoms with Gasteiger partial charge in [-0.05, 0) is 70.7 Å². The molecule has 0 unspecified atom stereocenters. The minimum atomic E-state index is -0.905. The fourth-order valence-corrected chi connectivity index (χ4v) is 4.16. The van der Waals surface area contributed by atoms with Crippen LogP contribution in [0.5, 0.6) is 0 Å². The molecule has 144 valence electrons. The summed E-state index contributed by atoms with van der Waals surface area (Å²) in [5.74, 6) is -0.810. The first-order valence-electron chi connectivity index (χ1n) is 8.83. The second-order valence-corrected chi connectivity index (χ2v) is 8.59. The fraction of sp³-hybridized carbons (Fsp3) is 0.400. The lowest BCUT2D eigenvalue weighted by molar-refractivity contribution is -0.0445. The number of hydrogen-bond donors (Lipinski definition) is 2. The second-order valence-electron chi connectivity index (χ2n) is 6.95. The number of pyridine rings is 1. The second kappa shape index (κ2) is 8.94. The van der Waals surface area contributed by atoms with Gasteiger partial charge in [-0.3, -0.25) is 4.79 Å². The van der Waals surface area contributed by atoms with E-state index in [9.17, 15) is 19.4 Å². The summed E-state index contributed by atoms with van der Waals surface area (Å²) in [5.41, 5.74) is 1.46. The van der Waals surface area contributed by atoms with Gasteiger partial charge in [-0.15, -0.1) is 0 Å². The molecule has 7 heteroatoms. The number of aromatic nitrogens is 1. The van der Waals surface area contributed by atoms with Gasteiger partial charge in [-0.25, -0.2) is 9.37 Å². The van der Waals surface area contributed by atoms with E-state index in [0.717, 1.165) is 9.99 Å². The number of nitrogens with zero attached hydrogens (tertiary/aromatic N) is 1. The molecule has 0 aliphatic heterocycles. The third-order valence-electron chi connectivity index (χ3n) is 5.05. The number of carbonyl (C=O) groups excluding carboxylic acids is 1. The standard InChI is InChI=1S/C20H20ClFINO3/c21-19-9-15(18(26)7-12-2-1-3-17(25)20(12)27)13(10-24-19)6-11-4-5-14(23)8-16(11)22/h4-5,8-10,12,17,20,25,27H,1-3,6-7H2/t12-,17+,20-/m1/s1. The summed E-state index contributed by atoms with van der Waals surface area (Å²) in [4.78, 5) is 16.9. The molecule has 0 bridgehead atoms. The van der Waals surface area contributed by atoms with Gasteiger partial charge in [0, 0.05) is 28.2 Å². The van der Waals surface area contributed by atoms with Crippen LogP contribution in [-0.2, 0) is 6.42 Å². The number of carbonyl (C=O) groups is 1. The Morgan fingerprint density at radius 3 is 2.78 bits per heavy atom. The van der Waals surface area contributed by atoms with Gasteiger partial charge < -0.3 is 10.2 Å². The zero-order chi connectivity index (χ0) is 19.6. The van der Waals surface area contributed by atoms with Crippen LogP contribution in [0.4, 0.5) is 4.39 Å². The first-order valence-corrected chi connectivity index (χ1v) is 10.3. The van der Waals surface area contributed by atoms with Crippen LogP contribution in [0.3, 0.4) is 0 Å². The molecule has 1 aromatic heterocycles. The smallest absolute Gasteiger partial charge is 0.163 e. The third-order valence-corrected chi connectivity index (χ3v) is 5.93. The molecule has 1 saturated carbocycles. The summed E-state index contributed by atoms with van der Waals surface area (Å²) in [6.45, 7) is 0. The van der Waals surface area contributed by atoms with E-state index in [1.54, 1.807) is 6.07 Å². The predicted molar refractivity (Wildman–Crippen MR) is 109 cm³/mol. The molecule has 0 spiro atoms. The molecule has 0 saturated heterocycles. The highest BCUT2D eigenvalue weighted by Crippen LogP contribution is 2.30. The third kappa shape index (κ3) is 5.04. The first kappa shape index (κ1) is 20.6. The topological polar surface area (TPSA) is 70.4 Å². The Morgan fingerprint density at radius 2 is 2.04 bits per heavy atom. The number of hydrogen-bond acceptors (Lipinski definition) is 4.